The monoisotopic (exact) mass is 307 g/mol. The first-order chi connectivity index (χ1) is 10.7. The summed E-state index contributed by atoms with van der Waals surface area (Å²) >= 11 is 0. The highest BCUT2D eigenvalue weighted by atomic mass is 16.5. The van der Waals surface area contributed by atoms with E-state index in [0.717, 1.165) is 44.0 Å². The molecule has 0 amide bonds. The fraction of sp³-hybridized carbons (Fsp3) is 0.714. The van der Waals surface area contributed by atoms with Gasteiger partial charge in [-0.3, -0.25) is 0 Å². The van der Waals surface area contributed by atoms with Gasteiger partial charge in [0.25, 0.3) is 0 Å². The summed E-state index contributed by atoms with van der Waals surface area (Å²) in [5.74, 6) is 1.34. The summed E-state index contributed by atoms with van der Waals surface area (Å²) in [4.78, 5) is 12.8. The number of fused-ring (bicyclic) bond motifs is 1. The molecule has 122 valence electrons. The number of ether oxygens (including phenoxy) is 1. The topological polar surface area (TPSA) is 91.6 Å². The van der Waals surface area contributed by atoms with Crippen molar-refractivity contribution in [2.75, 3.05) is 56.3 Å². The van der Waals surface area contributed by atoms with Gasteiger partial charge in [-0.15, -0.1) is 0 Å². The second-order valence-corrected chi connectivity index (χ2v) is 5.92. The summed E-state index contributed by atoms with van der Waals surface area (Å²) in [6, 6.07) is 0. The van der Waals surface area contributed by atoms with Crippen LogP contribution in [0, 0.1) is 0 Å². The van der Waals surface area contributed by atoms with Crippen LogP contribution in [0.3, 0.4) is 0 Å². The average Bonchev–Trinajstić information content (AvgIpc) is 3.12. The highest BCUT2D eigenvalue weighted by Gasteiger charge is 2.35. The van der Waals surface area contributed by atoms with Gasteiger partial charge in [-0.2, -0.15) is 0 Å². The fourth-order valence-corrected chi connectivity index (χ4v) is 3.05. The van der Waals surface area contributed by atoms with Crippen molar-refractivity contribution in [2.45, 2.75) is 25.2 Å². The SMILES string of the molecule is CNCCN(C)CC1CCC(N2CNc3c(N)ncnc32)O1. The number of nitrogens with zero attached hydrogens (tertiary/aromatic N) is 4. The summed E-state index contributed by atoms with van der Waals surface area (Å²) < 4.78 is 6.22. The Hall–Kier alpha value is -1.64. The average molecular weight is 307 g/mol. The van der Waals surface area contributed by atoms with Crippen LogP contribution in [0.1, 0.15) is 12.8 Å². The van der Waals surface area contributed by atoms with Gasteiger partial charge in [-0.05, 0) is 26.9 Å². The highest BCUT2D eigenvalue weighted by molar-refractivity contribution is 5.79. The molecule has 8 heteroatoms. The van der Waals surface area contributed by atoms with Crippen molar-refractivity contribution in [2.24, 2.45) is 0 Å². The minimum atomic E-state index is 0.0609. The highest BCUT2D eigenvalue weighted by Crippen LogP contribution is 2.36. The molecule has 1 saturated heterocycles. The largest absolute Gasteiger partial charge is 0.382 e. The molecule has 0 aromatic carbocycles. The molecule has 2 unspecified atom stereocenters. The van der Waals surface area contributed by atoms with E-state index in [1.54, 1.807) is 0 Å². The number of likely N-dealkylation sites (N-methyl/N-ethyl adjacent to an activating group) is 2. The number of nitrogens with one attached hydrogen (secondary N) is 2. The van der Waals surface area contributed by atoms with Gasteiger partial charge in [0, 0.05) is 19.6 Å². The molecule has 2 atom stereocenters. The second kappa shape index (κ2) is 6.64. The molecule has 0 bridgehead atoms. The predicted molar refractivity (Wildman–Crippen MR) is 86.7 cm³/mol. The smallest absolute Gasteiger partial charge is 0.161 e. The third kappa shape index (κ3) is 3.08. The molecular weight excluding hydrogens is 282 g/mol. The zero-order chi connectivity index (χ0) is 15.5. The lowest BCUT2D eigenvalue weighted by Crippen LogP contribution is -2.38. The summed E-state index contributed by atoms with van der Waals surface area (Å²) in [5.41, 5.74) is 6.70. The van der Waals surface area contributed by atoms with Crippen LogP contribution in [-0.2, 0) is 4.74 Å². The fourth-order valence-electron chi connectivity index (χ4n) is 3.05. The first kappa shape index (κ1) is 15.3. The number of nitrogens with two attached hydrogens (primary N) is 1. The van der Waals surface area contributed by atoms with Crippen LogP contribution in [0.5, 0.6) is 0 Å². The third-order valence-corrected chi connectivity index (χ3v) is 4.25. The minimum absolute atomic E-state index is 0.0609. The molecule has 0 radical (unpaired) electrons. The molecule has 4 N–H and O–H groups in total. The summed E-state index contributed by atoms with van der Waals surface area (Å²) in [6.45, 7) is 3.65. The Morgan fingerprint density at radius 2 is 2.36 bits per heavy atom. The van der Waals surface area contributed by atoms with Gasteiger partial charge in [-0.25, -0.2) is 9.97 Å². The maximum atomic E-state index is 6.22. The number of hydrogen-bond acceptors (Lipinski definition) is 8. The van der Waals surface area contributed by atoms with Crippen molar-refractivity contribution in [3.63, 3.8) is 0 Å². The lowest BCUT2D eigenvalue weighted by atomic mass is 10.2. The maximum Gasteiger partial charge on any atom is 0.161 e. The van der Waals surface area contributed by atoms with Crippen LogP contribution in [0.25, 0.3) is 0 Å². The molecular formula is C14H25N7O. The Labute approximate surface area is 131 Å². The van der Waals surface area contributed by atoms with Crippen LogP contribution in [-0.4, -0.2) is 67.6 Å². The molecule has 2 aliphatic rings. The van der Waals surface area contributed by atoms with Gasteiger partial charge >= 0.3 is 0 Å². The number of anilines is 3. The third-order valence-electron chi connectivity index (χ3n) is 4.25. The molecule has 3 heterocycles. The van der Waals surface area contributed by atoms with E-state index in [1.807, 2.05) is 7.05 Å². The molecule has 3 rings (SSSR count). The van der Waals surface area contributed by atoms with E-state index in [2.05, 4.69) is 37.4 Å². The van der Waals surface area contributed by atoms with Crippen LogP contribution < -0.4 is 21.3 Å². The Morgan fingerprint density at radius 1 is 1.50 bits per heavy atom. The standard InChI is InChI=1S/C14H25N7O/c1-16-5-6-20(2)7-10-3-4-11(22-10)21-9-19-12-13(15)17-8-18-14(12)21/h8,10-11,16,19H,3-7,9H2,1-2H3,(H2,15,17,18). The molecule has 1 aromatic heterocycles. The first-order valence-corrected chi connectivity index (χ1v) is 7.78. The van der Waals surface area contributed by atoms with Gasteiger partial charge in [0.1, 0.15) is 18.2 Å². The van der Waals surface area contributed by atoms with Crippen molar-refractivity contribution in [1.82, 2.24) is 20.2 Å². The minimum Gasteiger partial charge on any atom is -0.382 e. The van der Waals surface area contributed by atoms with Gasteiger partial charge in [0.2, 0.25) is 0 Å². The van der Waals surface area contributed by atoms with E-state index in [1.165, 1.54) is 6.33 Å². The van der Waals surface area contributed by atoms with Crippen molar-refractivity contribution >= 4 is 17.3 Å². The second-order valence-electron chi connectivity index (χ2n) is 5.92. The number of aromatic nitrogens is 2. The molecule has 1 aromatic rings. The van der Waals surface area contributed by atoms with Gasteiger partial charge < -0.3 is 30.9 Å². The molecule has 0 saturated carbocycles. The van der Waals surface area contributed by atoms with E-state index in [4.69, 9.17) is 10.5 Å². The van der Waals surface area contributed by atoms with Crippen LogP contribution in [0.15, 0.2) is 6.33 Å². The van der Waals surface area contributed by atoms with Gasteiger partial charge in [-0.1, -0.05) is 0 Å². The van der Waals surface area contributed by atoms with E-state index >= 15 is 0 Å². The Kier molecular flexibility index (Phi) is 4.60. The molecule has 1 fully saturated rings. The Balaban J connectivity index is 1.57. The molecule has 2 aliphatic heterocycles. The van der Waals surface area contributed by atoms with Gasteiger partial charge in [0.05, 0.1) is 12.8 Å². The lowest BCUT2D eigenvalue weighted by molar-refractivity contribution is 0.0271. The summed E-state index contributed by atoms with van der Waals surface area (Å²) in [6.07, 6.45) is 3.92. The Morgan fingerprint density at radius 3 is 3.18 bits per heavy atom. The van der Waals surface area contributed by atoms with E-state index in [0.29, 0.717) is 12.5 Å². The summed E-state index contributed by atoms with van der Waals surface area (Å²) in [5, 5.41) is 6.42. The quantitative estimate of drug-likeness (QED) is 0.671. The zero-order valence-electron chi connectivity index (χ0n) is 13.2. The molecule has 22 heavy (non-hydrogen) atoms. The van der Waals surface area contributed by atoms with Crippen molar-refractivity contribution in [3.05, 3.63) is 6.33 Å². The first-order valence-electron chi connectivity index (χ1n) is 7.78. The zero-order valence-corrected chi connectivity index (χ0v) is 13.2. The lowest BCUT2D eigenvalue weighted by Gasteiger charge is -2.26. The van der Waals surface area contributed by atoms with Crippen molar-refractivity contribution < 1.29 is 4.74 Å². The van der Waals surface area contributed by atoms with E-state index in [9.17, 15) is 0 Å². The molecule has 0 spiro atoms. The maximum absolute atomic E-state index is 6.22. The van der Waals surface area contributed by atoms with E-state index < -0.39 is 0 Å². The van der Waals surface area contributed by atoms with Crippen LogP contribution in [0.2, 0.25) is 0 Å². The molecule has 8 nitrogen and oxygen atoms in total. The normalized spacial score (nSPS) is 23.9. The summed E-state index contributed by atoms with van der Waals surface area (Å²) in [7, 11) is 4.11. The number of rotatable bonds is 6. The van der Waals surface area contributed by atoms with Crippen molar-refractivity contribution in [1.29, 1.82) is 0 Å². The van der Waals surface area contributed by atoms with Crippen molar-refractivity contribution in [3.8, 4) is 0 Å². The molecule has 0 aliphatic carbocycles. The van der Waals surface area contributed by atoms with E-state index in [-0.39, 0.29) is 12.3 Å². The van der Waals surface area contributed by atoms with Crippen LogP contribution >= 0.6 is 0 Å². The number of nitrogen functional groups attached to an aromatic ring is 1. The predicted octanol–water partition coefficient (Wildman–Crippen LogP) is -0.0955. The van der Waals surface area contributed by atoms with Crippen LogP contribution in [0.4, 0.5) is 17.3 Å². The van der Waals surface area contributed by atoms with Gasteiger partial charge in [0.15, 0.2) is 11.6 Å². The number of hydrogen-bond donors (Lipinski definition) is 3. The Bertz CT molecular complexity index is 512.